The van der Waals surface area contributed by atoms with Crippen LogP contribution in [0.1, 0.15) is 34.6 Å². The Hall–Kier alpha value is 0.830. The fraction of sp³-hybridized carbons (Fsp3) is 1.00. The molecule has 0 aromatic carbocycles. The Labute approximate surface area is 83.6 Å². The van der Waals surface area contributed by atoms with Gasteiger partial charge in [0.2, 0.25) is 0 Å². The van der Waals surface area contributed by atoms with Crippen molar-refractivity contribution in [1.29, 1.82) is 0 Å². The highest BCUT2D eigenvalue weighted by Gasteiger charge is 2.20. The molecule has 0 aromatic heterocycles. The van der Waals surface area contributed by atoms with Gasteiger partial charge in [0.15, 0.2) is 0 Å². The average Bonchev–Trinajstić information content (AvgIpc) is 1.83. The van der Waals surface area contributed by atoms with Gasteiger partial charge in [-0.3, -0.25) is 0 Å². The van der Waals surface area contributed by atoms with Crippen molar-refractivity contribution >= 4 is 27.7 Å². The maximum absolute atomic E-state index is 3.53. The highest BCUT2D eigenvalue weighted by Crippen LogP contribution is 2.31. The smallest absolute Gasteiger partial charge is 0.00905 e. The maximum atomic E-state index is 3.53. The molecule has 0 bridgehead atoms. The second-order valence-electron chi connectivity index (χ2n) is 4.70. The second kappa shape index (κ2) is 4.18. The molecule has 0 aliphatic rings. The number of thioether (sulfide) groups is 1. The van der Waals surface area contributed by atoms with E-state index in [9.17, 15) is 0 Å². The van der Waals surface area contributed by atoms with Gasteiger partial charge in [0.05, 0.1) is 0 Å². The number of halogens is 1. The molecule has 0 amide bonds. The number of rotatable bonds is 3. The summed E-state index contributed by atoms with van der Waals surface area (Å²) >= 11 is 5.56. The molecular formula is C9H19BrS. The van der Waals surface area contributed by atoms with Crippen molar-refractivity contribution in [2.45, 2.75) is 39.4 Å². The van der Waals surface area contributed by atoms with Gasteiger partial charge in [0, 0.05) is 10.1 Å². The topological polar surface area (TPSA) is 0 Å². The van der Waals surface area contributed by atoms with E-state index in [2.05, 4.69) is 50.5 Å². The molecule has 0 N–H and O–H groups in total. The van der Waals surface area contributed by atoms with Crippen LogP contribution in [0, 0.1) is 5.41 Å². The molecular weight excluding hydrogens is 220 g/mol. The Kier molecular flexibility index (Phi) is 4.49. The van der Waals surface area contributed by atoms with E-state index in [1.807, 2.05) is 11.8 Å². The molecule has 0 aromatic rings. The molecule has 0 nitrogen and oxygen atoms in total. The van der Waals surface area contributed by atoms with Gasteiger partial charge in [0.25, 0.3) is 0 Å². The second-order valence-corrected chi connectivity index (χ2v) is 7.06. The first-order chi connectivity index (χ1) is 4.77. The van der Waals surface area contributed by atoms with Gasteiger partial charge in [0.1, 0.15) is 0 Å². The van der Waals surface area contributed by atoms with Crippen LogP contribution in [0.4, 0.5) is 0 Å². The Morgan fingerprint density at radius 1 is 1.09 bits per heavy atom. The molecule has 0 fully saturated rings. The molecule has 2 heteroatoms. The molecule has 0 atom stereocenters. The van der Waals surface area contributed by atoms with Crippen LogP contribution in [0.15, 0.2) is 0 Å². The van der Waals surface area contributed by atoms with Crippen molar-refractivity contribution in [3.8, 4) is 0 Å². The minimum absolute atomic E-state index is 0.402. The highest BCUT2D eigenvalue weighted by molar-refractivity contribution is 9.09. The molecule has 0 saturated heterocycles. The summed E-state index contributed by atoms with van der Waals surface area (Å²) in [5, 5.41) is 1.09. The lowest BCUT2D eigenvalue weighted by atomic mass is 10.0. The Bertz CT molecular complexity index is 113. The van der Waals surface area contributed by atoms with E-state index >= 15 is 0 Å². The first-order valence-corrected chi connectivity index (χ1v) is 6.07. The lowest BCUT2D eigenvalue weighted by Gasteiger charge is -2.26. The van der Waals surface area contributed by atoms with Crippen LogP contribution in [0.2, 0.25) is 0 Å². The predicted molar refractivity (Wildman–Crippen MR) is 59.8 cm³/mol. The van der Waals surface area contributed by atoms with Crippen LogP contribution in [0.25, 0.3) is 0 Å². The fourth-order valence-electron chi connectivity index (χ4n) is 0.450. The number of alkyl halides is 1. The largest absolute Gasteiger partial charge is 0.155 e. The lowest BCUT2D eigenvalue weighted by Crippen LogP contribution is -2.20. The summed E-state index contributed by atoms with van der Waals surface area (Å²) in [5.74, 6) is 1.22. The minimum atomic E-state index is 0.402. The molecule has 11 heavy (non-hydrogen) atoms. The van der Waals surface area contributed by atoms with Gasteiger partial charge in [-0.15, -0.1) is 0 Å². The van der Waals surface area contributed by atoms with Crippen LogP contribution in [-0.4, -0.2) is 15.8 Å². The number of hydrogen-bond acceptors (Lipinski definition) is 1. The molecule has 68 valence electrons. The van der Waals surface area contributed by atoms with Crippen molar-refractivity contribution in [1.82, 2.24) is 0 Å². The highest BCUT2D eigenvalue weighted by atomic mass is 79.9. The monoisotopic (exact) mass is 238 g/mol. The Morgan fingerprint density at radius 3 is 1.82 bits per heavy atom. The summed E-state index contributed by atoms with van der Waals surface area (Å²) < 4.78 is 0.402. The Morgan fingerprint density at radius 2 is 1.55 bits per heavy atom. The number of hydrogen-bond donors (Lipinski definition) is 0. The summed E-state index contributed by atoms with van der Waals surface area (Å²) in [6.07, 6.45) is 0. The molecule has 0 aliphatic carbocycles. The van der Waals surface area contributed by atoms with Gasteiger partial charge in [-0.05, 0) is 11.2 Å². The zero-order valence-corrected chi connectivity index (χ0v) is 10.6. The molecule has 0 rings (SSSR count). The minimum Gasteiger partial charge on any atom is -0.155 e. The predicted octanol–water partition coefficient (Wildman–Crippen LogP) is 3.94. The van der Waals surface area contributed by atoms with Crippen LogP contribution in [0.3, 0.4) is 0 Å². The summed E-state index contributed by atoms with van der Waals surface area (Å²) in [5.41, 5.74) is 0.429. The van der Waals surface area contributed by atoms with Crippen molar-refractivity contribution in [2.75, 3.05) is 11.1 Å². The lowest BCUT2D eigenvalue weighted by molar-refractivity contribution is 0.494. The standard InChI is InChI=1S/C9H19BrS/c1-8(2,3)11-7-9(4,5)6-10/h6-7H2,1-5H3. The van der Waals surface area contributed by atoms with E-state index in [1.165, 1.54) is 5.75 Å². The van der Waals surface area contributed by atoms with E-state index in [0.29, 0.717) is 10.2 Å². The van der Waals surface area contributed by atoms with Crippen molar-refractivity contribution < 1.29 is 0 Å². The third-order valence-electron chi connectivity index (χ3n) is 1.26. The first-order valence-electron chi connectivity index (χ1n) is 3.97. The molecule has 0 saturated carbocycles. The summed E-state index contributed by atoms with van der Waals surface area (Å²) in [7, 11) is 0. The zero-order valence-electron chi connectivity index (χ0n) is 8.20. The summed E-state index contributed by atoms with van der Waals surface area (Å²) in [6, 6.07) is 0. The van der Waals surface area contributed by atoms with Crippen LogP contribution < -0.4 is 0 Å². The van der Waals surface area contributed by atoms with E-state index in [4.69, 9.17) is 0 Å². The van der Waals surface area contributed by atoms with Crippen molar-refractivity contribution in [2.24, 2.45) is 5.41 Å². The molecule has 0 aliphatic heterocycles. The molecule has 0 radical (unpaired) electrons. The third kappa shape index (κ3) is 7.20. The van der Waals surface area contributed by atoms with E-state index in [1.54, 1.807) is 0 Å². The quantitative estimate of drug-likeness (QED) is 0.672. The van der Waals surface area contributed by atoms with Crippen LogP contribution in [-0.2, 0) is 0 Å². The maximum Gasteiger partial charge on any atom is 0.00905 e. The van der Waals surface area contributed by atoms with Crippen molar-refractivity contribution in [3.05, 3.63) is 0 Å². The van der Waals surface area contributed by atoms with Crippen LogP contribution in [0.5, 0.6) is 0 Å². The van der Waals surface area contributed by atoms with Gasteiger partial charge >= 0.3 is 0 Å². The van der Waals surface area contributed by atoms with Crippen molar-refractivity contribution in [3.63, 3.8) is 0 Å². The average molecular weight is 239 g/mol. The molecule has 0 heterocycles. The van der Waals surface area contributed by atoms with Crippen LogP contribution >= 0.6 is 27.7 Å². The fourth-order valence-corrected chi connectivity index (χ4v) is 1.84. The molecule has 0 spiro atoms. The Balaban J connectivity index is 3.70. The SMILES string of the molecule is CC(C)(CBr)CSC(C)(C)C. The van der Waals surface area contributed by atoms with Gasteiger partial charge in [-0.2, -0.15) is 11.8 Å². The van der Waals surface area contributed by atoms with E-state index in [-0.39, 0.29) is 0 Å². The van der Waals surface area contributed by atoms with E-state index in [0.717, 1.165) is 5.33 Å². The van der Waals surface area contributed by atoms with E-state index < -0.39 is 0 Å². The molecule has 0 unspecified atom stereocenters. The summed E-state index contributed by atoms with van der Waals surface area (Å²) in [4.78, 5) is 0. The van der Waals surface area contributed by atoms with Gasteiger partial charge in [-0.25, -0.2) is 0 Å². The van der Waals surface area contributed by atoms with Gasteiger partial charge in [-0.1, -0.05) is 50.5 Å². The summed E-state index contributed by atoms with van der Waals surface area (Å²) in [6.45, 7) is 11.4. The zero-order chi connectivity index (χ0) is 9.12. The first kappa shape index (κ1) is 11.8. The normalized spacial score (nSPS) is 13.6. The third-order valence-corrected chi connectivity index (χ3v) is 4.57. The van der Waals surface area contributed by atoms with Gasteiger partial charge < -0.3 is 0 Å².